The van der Waals surface area contributed by atoms with E-state index < -0.39 is 16.7 Å². The van der Waals surface area contributed by atoms with E-state index in [2.05, 4.69) is 16.2 Å². The average Bonchev–Trinajstić information content (AvgIpc) is 2.66. The number of carbonyl (C=O) groups is 2. The highest BCUT2D eigenvalue weighted by molar-refractivity contribution is 7.80. The second kappa shape index (κ2) is 9.25. The Labute approximate surface area is 159 Å². The third kappa shape index (κ3) is 5.22. The van der Waals surface area contributed by atoms with Gasteiger partial charge in [0.1, 0.15) is 11.3 Å². The lowest BCUT2D eigenvalue weighted by atomic mass is 10.2. The van der Waals surface area contributed by atoms with Gasteiger partial charge in [0.25, 0.3) is 17.5 Å². The molecule has 0 aliphatic heterocycles. The van der Waals surface area contributed by atoms with Gasteiger partial charge < -0.3 is 4.74 Å². The molecule has 0 radical (unpaired) electrons. The van der Waals surface area contributed by atoms with Crippen LogP contribution in [0.4, 0.5) is 5.69 Å². The van der Waals surface area contributed by atoms with Crippen LogP contribution in [0, 0.1) is 10.1 Å². The van der Waals surface area contributed by atoms with Crippen molar-refractivity contribution in [1.82, 2.24) is 16.2 Å². The molecule has 0 unspecified atom stereocenters. The van der Waals surface area contributed by atoms with Crippen molar-refractivity contribution in [2.45, 2.75) is 6.92 Å². The number of carbonyl (C=O) groups excluding carboxylic acids is 2. The molecule has 9 nitrogen and oxygen atoms in total. The third-order valence-corrected chi connectivity index (χ3v) is 3.50. The standard InChI is InChI=1S/C17H16N4O5S/c1-2-26-14-10-6-4-8-12(14)15(22)18-17(27)20-19-16(23)11-7-3-5-9-13(11)21(24)25/h3-10H,2H2,1H3,(H,19,23)(H2,18,20,22,27). The zero-order valence-corrected chi connectivity index (χ0v) is 15.0. The molecule has 0 bridgehead atoms. The largest absolute Gasteiger partial charge is 0.493 e. The Kier molecular flexibility index (Phi) is 6.78. The van der Waals surface area contributed by atoms with Crippen molar-refractivity contribution in [1.29, 1.82) is 0 Å². The van der Waals surface area contributed by atoms with Crippen LogP contribution in [0.1, 0.15) is 27.6 Å². The van der Waals surface area contributed by atoms with Crippen LogP contribution in [0.3, 0.4) is 0 Å². The fraction of sp³-hybridized carbons (Fsp3) is 0.118. The number of nitro benzene ring substituents is 1. The molecule has 10 heteroatoms. The quantitative estimate of drug-likeness (QED) is 0.406. The molecule has 2 amide bonds. The number of rotatable bonds is 5. The van der Waals surface area contributed by atoms with E-state index in [0.29, 0.717) is 12.4 Å². The summed E-state index contributed by atoms with van der Waals surface area (Å²) in [5.41, 5.74) is 4.32. The topological polar surface area (TPSA) is 123 Å². The molecule has 0 atom stereocenters. The highest BCUT2D eigenvalue weighted by Crippen LogP contribution is 2.18. The Morgan fingerprint density at radius 3 is 2.33 bits per heavy atom. The second-order valence-electron chi connectivity index (χ2n) is 5.07. The zero-order chi connectivity index (χ0) is 19.8. The van der Waals surface area contributed by atoms with E-state index >= 15 is 0 Å². The Morgan fingerprint density at radius 2 is 1.67 bits per heavy atom. The number of hydrazine groups is 1. The van der Waals surface area contributed by atoms with Gasteiger partial charge in [-0.1, -0.05) is 24.3 Å². The van der Waals surface area contributed by atoms with Gasteiger partial charge in [-0.05, 0) is 37.3 Å². The van der Waals surface area contributed by atoms with Crippen molar-refractivity contribution in [2.24, 2.45) is 0 Å². The number of nitro groups is 1. The maximum atomic E-state index is 12.3. The molecular weight excluding hydrogens is 372 g/mol. The Bertz CT molecular complexity index is 887. The summed E-state index contributed by atoms with van der Waals surface area (Å²) < 4.78 is 5.37. The first-order chi connectivity index (χ1) is 12.9. The molecule has 2 aromatic rings. The summed E-state index contributed by atoms with van der Waals surface area (Å²) in [5.74, 6) is -0.908. The fourth-order valence-electron chi connectivity index (χ4n) is 2.14. The number of nitrogens with one attached hydrogen (secondary N) is 3. The number of benzene rings is 2. The maximum Gasteiger partial charge on any atom is 0.282 e. The summed E-state index contributed by atoms with van der Waals surface area (Å²) in [7, 11) is 0. The average molecular weight is 388 g/mol. The summed E-state index contributed by atoms with van der Waals surface area (Å²) in [6.45, 7) is 2.18. The summed E-state index contributed by atoms with van der Waals surface area (Å²) in [5, 5.41) is 13.2. The van der Waals surface area contributed by atoms with Crippen molar-refractivity contribution in [3.05, 3.63) is 69.8 Å². The first-order valence-electron chi connectivity index (χ1n) is 7.81. The molecule has 0 saturated heterocycles. The predicted octanol–water partition coefficient (Wildman–Crippen LogP) is 1.94. The summed E-state index contributed by atoms with van der Waals surface area (Å²) in [6, 6.07) is 12.1. The molecule has 0 spiro atoms. The smallest absolute Gasteiger partial charge is 0.282 e. The van der Waals surface area contributed by atoms with Gasteiger partial charge >= 0.3 is 0 Å². The van der Waals surface area contributed by atoms with E-state index in [4.69, 9.17) is 17.0 Å². The molecule has 0 aliphatic rings. The van der Waals surface area contributed by atoms with Gasteiger partial charge in [0.05, 0.1) is 17.1 Å². The first-order valence-corrected chi connectivity index (χ1v) is 8.21. The molecule has 2 rings (SSSR count). The van der Waals surface area contributed by atoms with Crippen LogP contribution in [-0.4, -0.2) is 28.5 Å². The zero-order valence-electron chi connectivity index (χ0n) is 14.2. The number of ether oxygens (including phenoxy) is 1. The third-order valence-electron chi connectivity index (χ3n) is 3.29. The van der Waals surface area contributed by atoms with Crippen LogP contribution < -0.4 is 20.9 Å². The molecule has 27 heavy (non-hydrogen) atoms. The first kappa shape index (κ1) is 19.8. The van der Waals surface area contributed by atoms with E-state index in [1.54, 1.807) is 31.2 Å². The number of nitrogens with zero attached hydrogens (tertiary/aromatic N) is 1. The Balaban J connectivity index is 1.98. The van der Waals surface area contributed by atoms with Crippen LogP contribution >= 0.6 is 12.2 Å². The van der Waals surface area contributed by atoms with E-state index in [9.17, 15) is 19.7 Å². The molecule has 140 valence electrons. The SMILES string of the molecule is CCOc1ccccc1C(=O)NC(=S)NNC(=O)c1ccccc1[N+](=O)[O-]. The maximum absolute atomic E-state index is 12.3. The molecule has 0 aliphatic carbocycles. The van der Waals surface area contributed by atoms with Crippen molar-refractivity contribution < 1.29 is 19.2 Å². The van der Waals surface area contributed by atoms with Gasteiger partial charge in [0, 0.05) is 6.07 Å². The second-order valence-corrected chi connectivity index (χ2v) is 5.47. The normalized spacial score (nSPS) is 9.81. The molecule has 0 saturated carbocycles. The number of hydrogen-bond acceptors (Lipinski definition) is 6. The number of thiocarbonyl (C=S) groups is 1. The van der Waals surface area contributed by atoms with E-state index in [0.717, 1.165) is 0 Å². The van der Waals surface area contributed by atoms with Gasteiger partial charge in [0.2, 0.25) is 0 Å². The lowest BCUT2D eigenvalue weighted by molar-refractivity contribution is -0.385. The van der Waals surface area contributed by atoms with Crippen molar-refractivity contribution in [3.63, 3.8) is 0 Å². The van der Waals surface area contributed by atoms with Crippen LogP contribution in [-0.2, 0) is 0 Å². The monoisotopic (exact) mass is 388 g/mol. The van der Waals surface area contributed by atoms with Gasteiger partial charge in [-0.25, -0.2) is 0 Å². The minimum atomic E-state index is -0.770. The molecule has 0 aromatic heterocycles. The van der Waals surface area contributed by atoms with Gasteiger partial charge in [-0.2, -0.15) is 0 Å². The lowest BCUT2D eigenvalue weighted by Crippen LogP contribution is -2.48. The van der Waals surface area contributed by atoms with Gasteiger partial charge in [-0.15, -0.1) is 0 Å². The van der Waals surface area contributed by atoms with Gasteiger partial charge in [-0.3, -0.25) is 35.9 Å². The van der Waals surface area contributed by atoms with E-state index in [1.807, 2.05) is 0 Å². The van der Waals surface area contributed by atoms with Crippen molar-refractivity contribution in [2.75, 3.05) is 6.61 Å². The fourth-order valence-corrected chi connectivity index (χ4v) is 2.29. The minimum absolute atomic E-state index is 0.147. The Hall–Kier alpha value is -3.53. The van der Waals surface area contributed by atoms with E-state index in [-0.39, 0.29) is 21.9 Å². The highest BCUT2D eigenvalue weighted by Gasteiger charge is 2.19. The number of hydrogen-bond donors (Lipinski definition) is 3. The molecular formula is C17H16N4O5S. The Morgan fingerprint density at radius 1 is 1.04 bits per heavy atom. The molecule has 0 heterocycles. The number of amides is 2. The van der Waals surface area contributed by atoms with E-state index in [1.165, 1.54) is 24.3 Å². The van der Waals surface area contributed by atoms with Crippen molar-refractivity contribution >= 4 is 34.8 Å². The summed E-state index contributed by atoms with van der Waals surface area (Å²) in [4.78, 5) is 34.7. The van der Waals surface area contributed by atoms with Crippen LogP contribution in [0.25, 0.3) is 0 Å². The summed E-state index contributed by atoms with van der Waals surface area (Å²) >= 11 is 4.96. The lowest BCUT2D eigenvalue weighted by Gasteiger charge is -2.13. The molecule has 0 fully saturated rings. The summed E-state index contributed by atoms with van der Waals surface area (Å²) in [6.07, 6.45) is 0. The number of para-hydroxylation sites is 2. The molecule has 3 N–H and O–H groups in total. The van der Waals surface area contributed by atoms with Crippen LogP contribution in [0.15, 0.2) is 48.5 Å². The van der Waals surface area contributed by atoms with Crippen molar-refractivity contribution in [3.8, 4) is 5.75 Å². The predicted molar refractivity (Wildman–Crippen MR) is 101 cm³/mol. The van der Waals surface area contributed by atoms with Gasteiger partial charge in [0.15, 0.2) is 5.11 Å². The molecule has 2 aromatic carbocycles. The minimum Gasteiger partial charge on any atom is -0.493 e. The highest BCUT2D eigenvalue weighted by atomic mass is 32.1. The van der Waals surface area contributed by atoms with Crippen LogP contribution in [0.2, 0.25) is 0 Å². The van der Waals surface area contributed by atoms with Crippen LogP contribution in [0.5, 0.6) is 5.75 Å².